The lowest BCUT2D eigenvalue weighted by Gasteiger charge is -2.10. The minimum absolute atomic E-state index is 0.0405. The van der Waals surface area contributed by atoms with Crippen LogP contribution < -0.4 is 9.74 Å². The first-order chi connectivity index (χ1) is 12.3. The molecule has 6 nitrogen and oxygen atoms in total. The Kier molecular flexibility index (Phi) is 5.04. The Morgan fingerprint density at radius 2 is 1.69 bits per heavy atom. The minimum atomic E-state index is -4.01. The van der Waals surface area contributed by atoms with Gasteiger partial charge in [0, 0.05) is 0 Å². The van der Waals surface area contributed by atoms with E-state index in [0.717, 1.165) is 4.68 Å². The molecule has 0 saturated carbocycles. The third-order valence-electron chi connectivity index (χ3n) is 3.54. The van der Waals surface area contributed by atoms with E-state index in [9.17, 15) is 13.2 Å². The number of halogens is 2. The molecular formula is C17H12Cl2N2O4S. The van der Waals surface area contributed by atoms with Crippen molar-refractivity contribution in [2.24, 2.45) is 0 Å². The fourth-order valence-electron chi connectivity index (χ4n) is 2.17. The van der Waals surface area contributed by atoms with Crippen molar-refractivity contribution in [3.05, 3.63) is 80.7 Å². The maximum atomic E-state index is 12.4. The van der Waals surface area contributed by atoms with E-state index in [1.165, 1.54) is 30.5 Å². The van der Waals surface area contributed by atoms with Crippen molar-refractivity contribution in [2.45, 2.75) is 11.8 Å². The highest BCUT2D eigenvalue weighted by atomic mass is 35.5. The molecule has 134 valence electrons. The summed E-state index contributed by atoms with van der Waals surface area (Å²) >= 11 is 11.6. The first kappa shape index (κ1) is 18.4. The average molecular weight is 411 g/mol. The van der Waals surface area contributed by atoms with Crippen LogP contribution in [-0.4, -0.2) is 18.2 Å². The fraction of sp³-hybridized carbons (Fsp3) is 0.0588. The van der Waals surface area contributed by atoms with Gasteiger partial charge in [0.05, 0.1) is 16.9 Å². The predicted molar refractivity (Wildman–Crippen MR) is 98.8 cm³/mol. The van der Waals surface area contributed by atoms with E-state index in [2.05, 4.69) is 5.10 Å². The molecule has 0 aliphatic rings. The quantitative estimate of drug-likeness (QED) is 0.613. The number of para-hydroxylation sites is 1. The highest BCUT2D eigenvalue weighted by Crippen LogP contribution is 2.23. The Morgan fingerprint density at radius 1 is 1.04 bits per heavy atom. The number of hydrogen-bond acceptors (Lipinski definition) is 5. The zero-order chi connectivity index (χ0) is 18.9. The molecule has 3 aromatic rings. The van der Waals surface area contributed by atoms with Gasteiger partial charge in [-0.3, -0.25) is 4.79 Å². The third-order valence-corrected chi connectivity index (χ3v) is 5.54. The molecule has 0 spiro atoms. The molecule has 26 heavy (non-hydrogen) atoms. The second-order valence-corrected chi connectivity index (χ2v) is 7.65. The molecule has 0 fully saturated rings. The molecule has 0 radical (unpaired) electrons. The molecule has 0 aliphatic heterocycles. The Labute approximate surface area is 159 Å². The zero-order valence-corrected chi connectivity index (χ0v) is 15.7. The van der Waals surface area contributed by atoms with Crippen molar-refractivity contribution in [1.29, 1.82) is 0 Å². The van der Waals surface area contributed by atoms with Crippen LogP contribution in [0.2, 0.25) is 10.0 Å². The van der Waals surface area contributed by atoms with E-state index in [1.807, 2.05) is 0 Å². The molecular weight excluding hydrogens is 399 g/mol. The van der Waals surface area contributed by atoms with Crippen LogP contribution in [0.4, 0.5) is 0 Å². The van der Waals surface area contributed by atoms with Gasteiger partial charge in [0.25, 0.3) is 5.56 Å². The van der Waals surface area contributed by atoms with E-state index in [-0.39, 0.29) is 20.7 Å². The molecule has 1 aromatic heterocycles. The number of rotatable bonds is 4. The van der Waals surface area contributed by atoms with Gasteiger partial charge < -0.3 is 4.18 Å². The summed E-state index contributed by atoms with van der Waals surface area (Å²) in [4.78, 5) is 12.0. The highest BCUT2D eigenvalue weighted by Gasteiger charge is 2.18. The first-order valence-corrected chi connectivity index (χ1v) is 9.50. The van der Waals surface area contributed by atoms with Crippen molar-refractivity contribution in [3.8, 4) is 11.4 Å². The molecule has 0 atom stereocenters. The summed E-state index contributed by atoms with van der Waals surface area (Å²) in [6, 6.07) is 12.3. The molecule has 2 aromatic carbocycles. The van der Waals surface area contributed by atoms with Crippen molar-refractivity contribution >= 4 is 33.3 Å². The van der Waals surface area contributed by atoms with Crippen LogP contribution in [0.5, 0.6) is 5.75 Å². The van der Waals surface area contributed by atoms with Gasteiger partial charge >= 0.3 is 10.1 Å². The van der Waals surface area contributed by atoms with Gasteiger partial charge in [0.2, 0.25) is 0 Å². The third kappa shape index (κ3) is 3.60. The van der Waals surface area contributed by atoms with Gasteiger partial charge in [-0.25, -0.2) is 0 Å². The Balaban J connectivity index is 1.94. The number of aryl methyl sites for hydroxylation is 1. The lowest BCUT2D eigenvalue weighted by Crippen LogP contribution is -2.21. The molecule has 0 amide bonds. The minimum Gasteiger partial charge on any atom is -0.379 e. The van der Waals surface area contributed by atoms with Gasteiger partial charge in [-0.05, 0) is 42.8 Å². The smallest absolute Gasteiger partial charge is 0.339 e. The van der Waals surface area contributed by atoms with Crippen LogP contribution in [0.25, 0.3) is 5.69 Å². The lowest BCUT2D eigenvalue weighted by molar-refractivity contribution is 0.484. The second kappa shape index (κ2) is 7.11. The maximum Gasteiger partial charge on any atom is 0.339 e. The molecule has 0 aliphatic carbocycles. The summed E-state index contributed by atoms with van der Waals surface area (Å²) in [7, 11) is -4.01. The average Bonchev–Trinajstić information content (AvgIpc) is 2.62. The van der Waals surface area contributed by atoms with Crippen LogP contribution in [0.3, 0.4) is 0 Å². The van der Waals surface area contributed by atoms with Gasteiger partial charge in [-0.2, -0.15) is 18.2 Å². The van der Waals surface area contributed by atoms with Crippen molar-refractivity contribution < 1.29 is 12.6 Å². The van der Waals surface area contributed by atoms with Crippen molar-refractivity contribution in [3.63, 3.8) is 0 Å². The fourth-order valence-corrected chi connectivity index (χ4v) is 3.41. The Morgan fingerprint density at radius 3 is 2.35 bits per heavy atom. The summed E-state index contributed by atoms with van der Waals surface area (Å²) in [5.74, 6) is 0.249. The van der Waals surface area contributed by atoms with Gasteiger partial charge in [0.1, 0.15) is 15.7 Å². The van der Waals surface area contributed by atoms with Crippen molar-refractivity contribution in [1.82, 2.24) is 9.78 Å². The molecule has 9 heteroatoms. The first-order valence-electron chi connectivity index (χ1n) is 7.33. The lowest BCUT2D eigenvalue weighted by atomic mass is 10.2. The van der Waals surface area contributed by atoms with Crippen LogP contribution in [-0.2, 0) is 10.1 Å². The second-order valence-electron chi connectivity index (χ2n) is 5.32. The molecule has 0 saturated heterocycles. The Hall–Kier alpha value is -2.35. The summed E-state index contributed by atoms with van der Waals surface area (Å²) in [5, 5.41) is 3.76. The molecule has 0 N–H and O–H groups in total. The monoisotopic (exact) mass is 410 g/mol. The van der Waals surface area contributed by atoms with E-state index in [1.54, 1.807) is 31.2 Å². The van der Waals surface area contributed by atoms with E-state index < -0.39 is 15.7 Å². The number of hydrogen-bond donors (Lipinski definition) is 0. The largest absolute Gasteiger partial charge is 0.379 e. The van der Waals surface area contributed by atoms with Crippen LogP contribution >= 0.6 is 23.2 Å². The summed E-state index contributed by atoms with van der Waals surface area (Å²) in [6.45, 7) is 1.75. The summed E-state index contributed by atoms with van der Waals surface area (Å²) in [5.41, 5.74) is 0.425. The van der Waals surface area contributed by atoms with Gasteiger partial charge in [-0.1, -0.05) is 41.4 Å². The highest BCUT2D eigenvalue weighted by molar-refractivity contribution is 7.87. The van der Waals surface area contributed by atoms with E-state index >= 15 is 0 Å². The molecule has 1 heterocycles. The summed E-state index contributed by atoms with van der Waals surface area (Å²) < 4.78 is 31.0. The topological polar surface area (TPSA) is 78.3 Å². The van der Waals surface area contributed by atoms with E-state index in [0.29, 0.717) is 11.3 Å². The number of aromatic nitrogens is 2. The SMILES string of the molecule is Cc1ccccc1OS(=O)(=O)c1ccc(-n2ncc(Cl)c(Cl)c2=O)cc1. The Bertz CT molecular complexity index is 1130. The molecule has 0 bridgehead atoms. The molecule has 0 unspecified atom stereocenters. The standard InChI is InChI=1S/C17H12Cl2N2O4S/c1-11-4-2-3-5-15(11)25-26(23,24)13-8-6-12(7-9-13)21-17(22)16(19)14(18)10-20-21/h2-10H,1H3. The van der Waals surface area contributed by atoms with Crippen LogP contribution in [0, 0.1) is 6.92 Å². The van der Waals surface area contributed by atoms with Crippen molar-refractivity contribution in [2.75, 3.05) is 0 Å². The van der Waals surface area contributed by atoms with Gasteiger partial charge in [0.15, 0.2) is 0 Å². The number of nitrogens with zero attached hydrogens (tertiary/aromatic N) is 2. The summed E-state index contributed by atoms with van der Waals surface area (Å²) in [6.07, 6.45) is 1.23. The van der Waals surface area contributed by atoms with Gasteiger partial charge in [-0.15, -0.1) is 0 Å². The maximum absolute atomic E-state index is 12.4. The zero-order valence-electron chi connectivity index (χ0n) is 13.4. The number of benzene rings is 2. The predicted octanol–water partition coefficient (Wildman–Crippen LogP) is 3.62. The van der Waals surface area contributed by atoms with Crippen LogP contribution in [0.1, 0.15) is 5.56 Å². The van der Waals surface area contributed by atoms with E-state index in [4.69, 9.17) is 27.4 Å². The van der Waals surface area contributed by atoms with Crippen LogP contribution in [0.15, 0.2) is 64.4 Å². The normalized spacial score (nSPS) is 11.3. The molecule has 3 rings (SSSR count).